The van der Waals surface area contributed by atoms with Gasteiger partial charge < -0.3 is 14.7 Å². The summed E-state index contributed by atoms with van der Waals surface area (Å²) >= 11 is 0. The zero-order valence-corrected chi connectivity index (χ0v) is 18.8. The van der Waals surface area contributed by atoms with Gasteiger partial charge >= 0.3 is 0 Å². The largest absolute Gasteiger partial charge is 0.481 e. The number of hydrogen-bond donors (Lipinski definition) is 1. The van der Waals surface area contributed by atoms with Gasteiger partial charge in [-0.3, -0.25) is 4.90 Å². The second-order valence-electron chi connectivity index (χ2n) is 8.78. The summed E-state index contributed by atoms with van der Waals surface area (Å²) in [4.78, 5) is 13.8. The number of benzene rings is 1. The Balaban J connectivity index is 1.46. The van der Waals surface area contributed by atoms with E-state index in [1.54, 1.807) is 25.4 Å². The topological polar surface area (TPSA) is 79.0 Å². The number of halogens is 1. The van der Waals surface area contributed by atoms with Crippen molar-refractivity contribution in [2.75, 3.05) is 38.3 Å². The SMILES string of the molecule is COc1cc(-c2c(-c3ccc(F)cc3)nc3ccc(N4C[C@@H]5C[C@H]4CN5CCO)nn23)ccn1. The third-order valence-electron chi connectivity index (χ3n) is 6.83. The lowest BCUT2D eigenvalue weighted by Gasteiger charge is -2.34. The van der Waals surface area contributed by atoms with E-state index < -0.39 is 0 Å². The number of aromatic nitrogens is 4. The average Bonchev–Trinajstić information content (AvgIpc) is 3.57. The molecular formula is C25H25FN6O2. The highest BCUT2D eigenvalue weighted by Crippen LogP contribution is 2.36. The minimum atomic E-state index is -0.292. The summed E-state index contributed by atoms with van der Waals surface area (Å²) in [6.07, 6.45) is 2.78. The molecule has 5 heterocycles. The third kappa shape index (κ3) is 3.48. The maximum atomic E-state index is 13.6. The molecule has 0 spiro atoms. The molecule has 34 heavy (non-hydrogen) atoms. The van der Waals surface area contributed by atoms with Gasteiger partial charge in [0.2, 0.25) is 5.88 Å². The quantitative estimate of drug-likeness (QED) is 0.474. The summed E-state index contributed by atoms with van der Waals surface area (Å²) in [5.74, 6) is 1.10. The lowest BCUT2D eigenvalue weighted by molar-refractivity contribution is 0.177. The van der Waals surface area contributed by atoms with E-state index in [0.29, 0.717) is 23.6 Å². The molecule has 0 aliphatic carbocycles. The number of hydrogen-bond acceptors (Lipinski definition) is 7. The lowest BCUT2D eigenvalue weighted by atomic mass is 10.1. The van der Waals surface area contributed by atoms with E-state index in [9.17, 15) is 9.50 Å². The molecule has 174 valence electrons. The summed E-state index contributed by atoms with van der Waals surface area (Å²) in [6.45, 7) is 2.73. The van der Waals surface area contributed by atoms with Crippen molar-refractivity contribution < 1.29 is 14.2 Å². The van der Waals surface area contributed by atoms with Gasteiger partial charge in [-0.05, 0) is 48.9 Å². The molecule has 6 rings (SSSR count). The second-order valence-corrected chi connectivity index (χ2v) is 8.78. The first-order valence-electron chi connectivity index (χ1n) is 11.4. The predicted octanol–water partition coefficient (Wildman–Crippen LogP) is 2.86. The fourth-order valence-corrected chi connectivity index (χ4v) is 5.25. The van der Waals surface area contributed by atoms with Gasteiger partial charge in [-0.1, -0.05) is 0 Å². The molecule has 0 unspecified atom stereocenters. The van der Waals surface area contributed by atoms with Crippen molar-refractivity contribution >= 4 is 11.5 Å². The number of pyridine rings is 1. The second kappa shape index (κ2) is 8.34. The number of β-amino-alcohol motifs (C(OH)–C–C–N with tert-alkyl or cyclic N) is 1. The molecule has 8 nitrogen and oxygen atoms in total. The summed E-state index contributed by atoms with van der Waals surface area (Å²) in [5.41, 5.74) is 3.89. The zero-order valence-electron chi connectivity index (χ0n) is 18.8. The number of rotatable bonds is 6. The van der Waals surface area contributed by atoms with Crippen LogP contribution in [0.4, 0.5) is 10.2 Å². The fraction of sp³-hybridized carbons (Fsp3) is 0.320. The normalized spacial score (nSPS) is 19.9. The smallest absolute Gasteiger partial charge is 0.213 e. The molecule has 4 aromatic rings. The number of fused-ring (bicyclic) bond motifs is 3. The van der Waals surface area contributed by atoms with Crippen LogP contribution >= 0.6 is 0 Å². The predicted molar refractivity (Wildman–Crippen MR) is 126 cm³/mol. The van der Waals surface area contributed by atoms with Crippen LogP contribution < -0.4 is 9.64 Å². The molecule has 2 bridgehead atoms. The lowest BCUT2D eigenvalue weighted by Crippen LogP contribution is -2.47. The maximum absolute atomic E-state index is 13.6. The van der Waals surface area contributed by atoms with Gasteiger partial charge in [-0.15, -0.1) is 5.10 Å². The molecule has 2 aliphatic heterocycles. The molecule has 2 saturated heterocycles. The molecule has 2 aliphatic rings. The van der Waals surface area contributed by atoms with Crippen LogP contribution in [0.25, 0.3) is 28.2 Å². The molecule has 2 fully saturated rings. The maximum Gasteiger partial charge on any atom is 0.213 e. The molecule has 1 N–H and O–H groups in total. The Bertz CT molecular complexity index is 1340. The van der Waals surface area contributed by atoms with Crippen molar-refractivity contribution in [3.05, 3.63) is 60.5 Å². The fourth-order valence-electron chi connectivity index (χ4n) is 5.25. The van der Waals surface area contributed by atoms with Crippen molar-refractivity contribution in [2.45, 2.75) is 18.5 Å². The van der Waals surface area contributed by atoms with Crippen LogP contribution in [0.2, 0.25) is 0 Å². The number of aliphatic hydroxyl groups is 1. The summed E-state index contributed by atoms with van der Waals surface area (Å²) in [5, 5.41) is 14.4. The van der Waals surface area contributed by atoms with Gasteiger partial charge in [-0.2, -0.15) is 0 Å². The number of nitrogens with zero attached hydrogens (tertiary/aromatic N) is 6. The van der Waals surface area contributed by atoms with Crippen LogP contribution in [0.3, 0.4) is 0 Å². The van der Waals surface area contributed by atoms with Crippen LogP contribution in [0, 0.1) is 5.82 Å². The number of anilines is 1. The van der Waals surface area contributed by atoms with Crippen LogP contribution in [-0.2, 0) is 0 Å². The van der Waals surface area contributed by atoms with Crippen molar-refractivity contribution in [3.63, 3.8) is 0 Å². The van der Waals surface area contributed by atoms with Gasteiger partial charge in [0, 0.05) is 55.1 Å². The van der Waals surface area contributed by atoms with Gasteiger partial charge in [0.15, 0.2) is 5.65 Å². The van der Waals surface area contributed by atoms with Crippen LogP contribution in [-0.4, -0.2) is 75.0 Å². The van der Waals surface area contributed by atoms with E-state index in [1.165, 1.54) is 12.1 Å². The van der Waals surface area contributed by atoms with Crippen molar-refractivity contribution in [3.8, 4) is 28.4 Å². The molecule has 2 atom stereocenters. The highest BCUT2D eigenvalue weighted by Gasteiger charge is 2.43. The van der Waals surface area contributed by atoms with Crippen molar-refractivity contribution in [1.29, 1.82) is 0 Å². The molecule has 0 saturated carbocycles. The minimum Gasteiger partial charge on any atom is -0.481 e. The first-order chi connectivity index (χ1) is 16.6. The monoisotopic (exact) mass is 460 g/mol. The van der Waals surface area contributed by atoms with Crippen LogP contribution in [0.5, 0.6) is 5.88 Å². The van der Waals surface area contributed by atoms with E-state index in [1.807, 2.05) is 28.8 Å². The van der Waals surface area contributed by atoms with E-state index in [-0.39, 0.29) is 12.4 Å². The number of methoxy groups -OCH3 is 1. The van der Waals surface area contributed by atoms with Crippen molar-refractivity contribution in [1.82, 2.24) is 24.5 Å². The van der Waals surface area contributed by atoms with Gasteiger partial charge in [0.1, 0.15) is 17.3 Å². The Kier molecular flexibility index (Phi) is 5.15. The summed E-state index contributed by atoms with van der Waals surface area (Å²) < 4.78 is 20.8. The third-order valence-corrected chi connectivity index (χ3v) is 6.83. The summed E-state index contributed by atoms with van der Waals surface area (Å²) in [7, 11) is 1.58. The first-order valence-corrected chi connectivity index (χ1v) is 11.4. The van der Waals surface area contributed by atoms with Gasteiger partial charge in [0.25, 0.3) is 0 Å². The van der Waals surface area contributed by atoms with Gasteiger partial charge in [-0.25, -0.2) is 18.9 Å². The standard InChI is InChI=1S/C25H25FN6O2/c1-34-23-12-17(8-9-27-23)25-24(16-2-4-18(26)5-3-16)28-21-6-7-22(29-32(21)25)31-15-19-13-20(31)14-30(19)10-11-33/h2-9,12,19-20,33H,10-11,13-15H2,1H3/t19-,20-/m0/s1. The molecule has 3 aromatic heterocycles. The Labute approximate surface area is 196 Å². The molecule has 1 aromatic carbocycles. The van der Waals surface area contributed by atoms with E-state index in [4.69, 9.17) is 14.8 Å². The molecule has 0 radical (unpaired) electrons. The Morgan fingerprint density at radius 3 is 2.65 bits per heavy atom. The highest BCUT2D eigenvalue weighted by atomic mass is 19.1. The van der Waals surface area contributed by atoms with E-state index in [2.05, 4.69) is 14.8 Å². The van der Waals surface area contributed by atoms with Gasteiger partial charge in [0.05, 0.1) is 19.4 Å². The molecular weight excluding hydrogens is 435 g/mol. The Morgan fingerprint density at radius 2 is 1.91 bits per heavy atom. The number of piperazine rings is 1. The zero-order chi connectivity index (χ0) is 23.2. The minimum absolute atomic E-state index is 0.188. The average molecular weight is 461 g/mol. The molecule has 0 amide bonds. The number of likely N-dealkylation sites (tertiary alicyclic amines) is 1. The van der Waals surface area contributed by atoms with Crippen molar-refractivity contribution in [2.24, 2.45) is 0 Å². The Morgan fingerprint density at radius 1 is 1.06 bits per heavy atom. The summed E-state index contributed by atoms with van der Waals surface area (Å²) in [6, 6.07) is 14.9. The van der Waals surface area contributed by atoms with E-state index >= 15 is 0 Å². The van der Waals surface area contributed by atoms with Crippen LogP contribution in [0.15, 0.2) is 54.7 Å². The highest BCUT2D eigenvalue weighted by molar-refractivity contribution is 5.82. The van der Waals surface area contributed by atoms with E-state index in [0.717, 1.165) is 54.4 Å². The molecule has 9 heteroatoms. The number of aliphatic hydroxyl groups excluding tert-OH is 1. The first kappa shape index (κ1) is 21.0. The number of imidazole rings is 1. The number of ether oxygens (including phenoxy) is 1. The Hall–Kier alpha value is -3.56. The van der Waals surface area contributed by atoms with Crippen LogP contribution in [0.1, 0.15) is 6.42 Å².